The van der Waals surface area contributed by atoms with E-state index in [4.69, 9.17) is 10.5 Å². The predicted octanol–water partition coefficient (Wildman–Crippen LogP) is 2.49. The van der Waals surface area contributed by atoms with Crippen LogP contribution in [0, 0.1) is 18.7 Å². The summed E-state index contributed by atoms with van der Waals surface area (Å²) in [5.41, 5.74) is 7.72. The Morgan fingerprint density at radius 2 is 2.10 bits per heavy atom. The van der Waals surface area contributed by atoms with Crippen LogP contribution in [0.25, 0.3) is 0 Å². The summed E-state index contributed by atoms with van der Waals surface area (Å²) in [6.45, 7) is 5.08. The molecule has 4 heteroatoms. The maximum absolute atomic E-state index is 13.4. The number of aryl methyl sites for hydroxylation is 1. The van der Waals surface area contributed by atoms with Gasteiger partial charge < -0.3 is 10.5 Å². The number of nitrogens with zero attached hydrogens (tertiary/aromatic N) is 1. The van der Waals surface area contributed by atoms with Crippen LogP contribution in [-0.4, -0.2) is 38.3 Å². The number of rotatable bonds is 5. The first kappa shape index (κ1) is 15.4. The summed E-state index contributed by atoms with van der Waals surface area (Å²) in [5, 5.41) is 0. The Labute approximate surface area is 120 Å². The van der Waals surface area contributed by atoms with Crippen molar-refractivity contribution in [2.75, 3.05) is 33.4 Å². The van der Waals surface area contributed by atoms with Gasteiger partial charge in [0.15, 0.2) is 0 Å². The van der Waals surface area contributed by atoms with Crippen molar-refractivity contribution in [2.24, 2.45) is 11.7 Å². The molecule has 0 amide bonds. The molecule has 1 fully saturated rings. The Hall–Kier alpha value is -0.970. The van der Waals surface area contributed by atoms with Gasteiger partial charge in [-0.15, -0.1) is 0 Å². The molecule has 1 saturated heterocycles. The number of ether oxygens (including phenoxy) is 1. The summed E-state index contributed by atoms with van der Waals surface area (Å²) in [6, 6.07) is 5.45. The highest BCUT2D eigenvalue weighted by atomic mass is 19.1. The van der Waals surface area contributed by atoms with E-state index in [1.807, 2.05) is 12.1 Å². The molecule has 1 aliphatic rings. The second-order valence-electron chi connectivity index (χ2n) is 5.76. The van der Waals surface area contributed by atoms with E-state index >= 15 is 0 Å². The van der Waals surface area contributed by atoms with Gasteiger partial charge in [0.2, 0.25) is 0 Å². The number of hydrogen-bond donors (Lipinski definition) is 1. The molecule has 0 spiro atoms. The number of halogens is 1. The lowest BCUT2D eigenvalue weighted by molar-refractivity contribution is 0.0507. The van der Waals surface area contributed by atoms with E-state index in [2.05, 4.69) is 11.9 Å². The molecule has 1 atom stereocenters. The average molecular weight is 280 g/mol. The number of nitrogens with two attached hydrogens (primary N) is 1. The maximum atomic E-state index is 13.4. The molecule has 1 aromatic carbocycles. The summed E-state index contributed by atoms with van der Waals surface area (Å²) >= 11 is 0. The molecule has 2 rings (SSSR count). The van der Waals surface area contributed by atoms with Gasteiger partial charge >= 0.3 is 0 Å². The first-order valence-electron chi connectivity index (χ1n) is 7.36. The van der Waals surface area contributed by atoms with Gasteiger partial charge in [0.05, 0.1) is 0 Å². The zero-order valence-electron chi connectivity index (χ0n) is 12.4. The third-order valence-electron chi connectivity index (χ3n) is 4.21. The molecule has 1 unspecified atom stereocenters. The van der Waals surface area contributed by atoms with E-state index in [0.717, 1.165) is 38.2 Å². The molecule has 0 bridgehead atoms. The van der Waals surface area contributed by atoms with E-state index in [0.29, 0.717) is 18.0 Å². The molecule has 0 saturated carbocycles. The van der Waals surface area contributed by atoms with Crippen LogP contribution in [0.5, 0.6) is 0 Å². The van der Waals surface area contributed by atoms with E-state index in [1.54, 1.807) is 6.92 Å². The third kappa shape index (κ3) is 3.78. The van der Waals surface area contributed by atoms with Crippen LogP contribution in [0.2, 0.25) is 0 Å². The SMILES string of the molecule is Cc1cc(C(CN)N(C)CC2CCOCC2)ccc1F. The zero-order valence-corrected chi connectivity index (χ0v) is 12.4. The molecule has 1 heterocycles. The van der Waals surface area contributed by atoms with Crippen molar-refractivity contribution in [2.45, 2.75) is 25.8 Å². The second-order valence-corrected chi connectivity index (χ2v) is 5.76. The first-order valence-corrected chi connectivity index (χ1v) is 7.36. The van der Waals surface area contributed by atoms with Crippen LogP contribution in [0.15, 0.2) is 18.2 Å². The topological polar surface area (TPSA) is 38.5 Å². The molecule has 1 aromatic rings. The minimum Gasteiger partial charge on any atom is -0.381 e. The lowest BCUT2D eigenvalue weighted by Gasteiger charge is -2.32. The molecule has 112 valence electrons. The second kappa shape index (κ2) is 7.16. The zero-order chi connectivity index (χ0) is 14.5. The van der Waals surface area contributed by atoms with Gasteiger partial charge in [0, 0.05) is 32.3 Å². The Bertz CT molecular complexity index is 432. The molecule has 20 heavy (non-hydrogen) atoms. The van der Waals surface area contributed by atoms with Gasteiger partial charge in [-0.2, -0.15) is 0 Å². The molecular formula is C16H25FN2O. The predicted molar refractivity (Wildman–Crippen MR) is 79.1 cm³/mol. The molecular weight excluding hydrogens is 255 g/mol. The monoisotopic (exact) mass is 280 g/mol. The minimum atomic E-state index is -0.156. The fourth-order valence-electron chi connectivity index (χ4n) is 2.91. The number of hydrogen-bond acceptors (Lipinski definition) is 3. The summed E-state index contributed by atoms with van der Waals surface area (Å²) in [4.78, 5) is 2.29. The molecule has 0 radical (unpaired) electrons. The van der Waals surface area contributed by atoms with E-state index in [-0.39, 0.29) is 11.9 Å². The van der Waals surface area contributed by atoms with Crippen molar-refractivity contribution in [3.63, 3.8) is 0 Å². The molecule has 1 aliphatic heterocycles. The summed E-state index contributed by atoms with van der Waals surface area (Å²) in [5.74, 6) is 0.515. The first-order chi connectivity index (χ1) is 9.61. The van der Waals surface area contributed by atoms with Gasteiger partial charge in [-0.1, -0.05) is 12.1 Å². The van der Waals surface area contributed by atoms with Gasteiger partial charge in [-0.25, -0.2) is 4.39 Å². The highest BCUT2D eigenvalue weighted by Crippen LogP contribution is 2.24. The highest BCUT2D eigenvalue weighted by molar-refractivity contribution is 5.26. The lowest BCUT2D eigenvalue weighted by Crippen LogP contribution is -2.36. The number of benzene rings is 1. The maximum Gasteiger partial charge on any atom is 0.126 e. The molecule has 0 aliphatic carbocycles. The van der Waals surface area contributed by atoms with Crippen molar-refractivity contribution >= 4 is 0 Å². The lowest BCUT2D eigenvalue weighted by atomic mass is 9.97. The highest BCUT2D eigenvalue weighted by Gasteiger charge is 2.21. The van der Waals surface area contributed by atoms with E-state index in [1.165, 1.54) is 6.07 Å². The molecule has 3 nitrogen and oxygen atoms in total. The van der Waals surface area contributed by atoms with Crippen LogP contribution < -0.4 is 5.73 Å². The Kier molecular flexibility index (Phi) is 5.52. The molecule has 0 aromatic heterocycles. The van der Waals surface area contributed by atoms with Crippen molar-refractivity contribution in [1.82, 2.24) is 4.90 Å². The van der Waals surface area contributed by atoms with Crippen LogP contribution >= 0.6 is 0 Å². The van der Waals surface area contributed by atoms with Crippen molar-refractivity contribution in [1.29, 1.82) is 0 Å². The smallest absolute Gasteiger partial charge is 0.126 e. The van der Waals surface area contributed by atoms with Crippen LogP contribution in [0.4, 0.5) is 4.39 Å². The van der Waals surface area contributed by atoms with Crippen LogP contribution in [0.3, 0.4) is 0 Å². The fraction of sp³-hybridized carbons (Fsp3) is 0.625. The molecule has 2 N–H and O–H groups in total. The third-order valence-corrected chi connectivity index (χ3v) is 4.21. The quantitative estimate of drug-likeness (QED) is 0.900. The largest absolute Gasteiger partial charge is 0.381 e. The standard InChI is InChI=1S/C16H25FN2O/c1-12-9-14(3-4-15(12)17)16(10-18)19(2)11-13-5-7-20-8-6-13/h3-4,9,13,16H,5-8,10-11,18H2,1-2H3. The van der Waals surface area contributed by atoms with E-state index in [9.17, 15) is 4.39 Å². The normalized spacial score (nSPS) is 18.4. The van der Waals surface area contributed by atoms with Crippen molar-refractivity contribution in [3.8, 4) is 0 Å². The Morgan fingerprint density at radius 3 is 2.70 bits per heavy atom. The van der Waals surface area contributed by atoms with Gasteiger partial charge in [0.1, 0.15) is 5.82 Å². The average Bonchev–Trinajstić information content (AvgIpc) is 2.44. The van der Waals surface area contributed by atoms with Crippen molar-refractivity contribution in [3.05, 3.63) is 35.1 Å². The van der Waals surface area contributed by atoms with Crippen molar-refractivity contribution < 1.29 is 9.13 Å². The van der Waals surface area contributed by atoms with Crippen LogP contribution in [-0.2, 0) is 4.74 Å². The van der Waals surface area contributed by atoms with Gasteiger partial charge in [0.25, 0.3) is 0 Å². The van der Waals surface area contributed by atoms with Gasteiger partial charge in [-0.05, 0) is 49.9 Å². The summed E-state index contributed by atoms with van der Waals surface area (Å²) in [7, 11) is 2.10. The minimum absolute atomic E-state index is 0.150. The fourth-order valence-corrected chi connectivity index (χ4v) is 2.91. The summed E-state index contributed by atoms with van der Waals surface area (Å²) in [6.07, 6.45) is 2.23. The van der Waals surface area contributed by atoms with Crippen LogP contribution in [0.1, 0.15) is 30.0 Å². The Balaban J connectivity index is 2.03. The summed E-state index contributed by atoms with van der Waals surface area (Å²) < 4.78 is 18.8. The Morgan fingerprint density at radius 1 is 1.40 bits per heavy atom. The van der Waals surface area contributed by atoms with E-state index < -0.39 is 0 Å². The van der Waals surface area contributed by atoms with Gasteiger partial charge in [-0.3, -0.25) is 4.90 Å². The number of likely N-dealkylation sites (N-methyl/N-ethyl adjacent to an activating group) is 1.